The fourth-order valence-corrected chi connectivity index (χ4v) is 3.75. The minimum absolute atomic E-state index is 0.313. The summed E-state index contributed by atoms with van der Waals surface area (Å²) in [7, 11) is 0. The zero-order chi connectivity index (χ0) is 19.7. The molecule has 0 radical (unpaired) electrons. The lowest BCUT2D eigenvalue weighted by Gasteiger charge is -2.19. The van der Waals surface area contributed by atoms with E-state index in [-0.39, 0.29) is 0 Å². The molecule has 0 saturated carbocycles. The van der Waals surface area contributed by atoms with Crippen LogP contribution in [0.3, 0.4) is 0 Å². The Morgan fingerprint density at radius 3 is 2.14 bits per heavy atom. The van der Waals surface area contributed by atoms with E-state index in [4.69, 9.17) is 5.41 Å². The number of aromatic nitrogens is 2. The molecule has 142 valence electrons. The molecule has 1 unspecified atom stereocenters. The van der Waals surface area contributed by atoms with Crippen molar-refractivity contribution in [3.63, 3.8) is 0 Å². The molecule has 3 aromatic carbocycles. The number of hydrogen-bond acceptors (Lipinski definition) is 1. The van der Waals surface area contributed by atoms with Gasteiger partial charge in [-0.3, -0.25) is 5.41 Å². The van der Waals surface area contributed by atoms with Crippen LogP contribution in [0.5, 0.6) is 0 Å². The van der Waals surface area contributed by atoms with Gasteiger partial charge < -0.3 is 9.13 Å². The lowest BCUT2D eigenvalue weighted by atomic mass is 10.0. The van der Waals surface area contributed by atoms with Crippen LogP contribution in [0.4, 0.5) is 4.39 Å². The number of nitrogens with zero attached hydrogens (tertiary/aromatic N) is 2. The third-order valence-corrected chi connectivity index (χ3v) is 5.33. The molecule has 0 aliphatic heterocycles. The number of halogens is 1. The summed E-state index contributed by atoms with van der Waals surface area (Å²) in [4.78, 5) is 0. The fraction of sp³-hybridized carbons (Fsp3) is 0.208. The van der Waals surface area contributed by atoms with Gasteiger partial charge in [-0.2, -0.15) is 0 Å². The summed E-state index contributed by atoms with van der Waals surface area (Å²) in [5, 5.41) is 8.81. The summed E-state index contributed by atoms with van der Waals surface area (Å²) >= 11 is 0. The van der Waals surface area contributed by atoms with E-state index in [1.54, 1.807) is 16.7 Å². The second-order valence-corrected chi connectivity index (χ2v) is 7.31. The smallest absolute Gasteiger partial charge is 0.203 e. The van der Waals surface area contributed by atoms with Crippen molar-refractivity contribution in [3.05, 3.63) is 101 Å². The van der Waals surface area contributed by atoms with Crippen LogP contribution in [0, 0.1) is 12.3 Å². The van der Waals surface area contributed by atoms with Crippen molar-refractivity contribution in [1.82, 2.24) is 9.13 Å². The number of fused-ring (bicyclic) bond motifs is 1. The molecule has 1 aromatic heterocycles. The highest BCUT2D eigenvalue weighted by Crippen LogP contribution is 2.31. The Kier molecular flexibility index (Phi) is 4.86. The first-order valence-electron chi connectivity index (χ1n) is 9.55. The van der Waals surface area contributed by atoms with Gasteiger partial charge in [0.05, 0.1) is 23.6 Å². The van der Waals surface area contributed by atoms with Gasteiger partial charge in [-0.25, -0.2) is 4.39 Å². The number of nitrogens with one attached hydrogen (secondary N) is 1. The summed E-state index contributed by atoms with van der Waals surface area (Å²) in [5.74, 6) is 0. The molecule has 0 saturated heterocycles. The number of rotatable bonds is 5. The third-order valence-electron chi connectivity index (χ3n) is 5.33. The van der Waals surface area contributed by atoms with E-state index in [9.17, 15) is 0 Å². The second kappa shape index (κ2) is 7.47. The van der Waals surface area contributed by atoms with E-state index in [1.807, 2.05) is 54.0 Å². The molecule has 3 nitrogen and oxygen atoms in total. The van der Waals surface area contributed by atoms with Gasteiger partial charge in [0.1, 0.15) is 6.17 Å². The summed E-state index contributed by atoms with van der Waals surface area (Å²) in [6, 6.07) is 24.9. The van der Waals surface area contributed by atoms with E-state index in [0.717, 1.165) is 16.6 Å². The average molecular weight is 373 g/mol. The van der Waals surface area contributed by atoms with Crippen LogP contribution in [-0.2, 0) is 6.54 Å². The first-order valence-corrected chi connectivity index (χ1v) is 9.55. The topological polar surface area (TPSA) is 33.7 Å². The van der Waals surface area contributed by atoms with Gasteiger partial charge in [0.2, 0.25) is 5.62 Å². The van der Waals surface area contributed by atoms with Crippen LogP contribution in [0.2, 0.25) is 0 Å². The molecule has 0 bridgehead atoms. The molecule has 0 spiro atoms. The minimum atomic E-state index is -1.19. The number of benzene rings is 3. The van der Waals surface area contributed by atoms with Gasteiger partial charge >= 0.3 is 0 Å². The number of alkyl halides is 1. The highest BCUT2D eigenvalue weighted by Gasteiger charge is 2.24. The summed E-state index contributed by atoms with van der Waals surface area (Å²) in [5.41, 5.74) is 5.11. The Morgan fingerprint density at radius 2 is 1.46 bits per heavy atom. The highest BCUT2D eigenvalue weighted by atomic mass is 19.1. The van der Waals surface area contributed by atoms with Gasteiger partial charge in [0.25, 0.3) is 0 Å². The molecule has 1 N–H and O–H groups in total. The molecule has 2 atom stereocenters. The quantitative estimate of drug-likeness (QED) is 0.476. The maximum atomic E-state index is 15.3. The Labute approximate surface area is 164 Å². The van der Waals surface area contributed by atoms with Crippen molar-refractivity contribution in [2.45, 2.75) is 32.6 Å². The number of hydrogen-bond donors (Lipinski definition) is 1. The lowest BCUT2D eigenvalue weighted by molar-refractivity contribution is 0.245. The van der Waals surface area contributed by atoms with Gasteiger partial charge in [-0.1, -0.05) is 72.3 Å². The Morgan fingerprint density at radius 1 is 0.857 bits per heavy atom. The molecule has 4 heteroatoms. The lowest BCUT2D eigenvalue weighted by Crippen LogP contribution is -2.29. The van der Waals surface area contributed by atoms with Crippen molar-refractivity contribution < 1.29 is 4.39 Å². The summed E-state index contributed by atoms with van der Waals surface area (Å²) in [6.07, 6.45) is -1.19. The van der Waals surface area contributed by atoms with E-state index < -0.39 is 12.2 Å². The highest BCUT2D eigenvalue weighted by molar-refractivity contribution is 5.76. The standard InChI is InChI=1S/C24H24FN3/c1-17-12-14-19(15-13-17)16-27-21-10-6-7-11-22(21)28(24(27)26)18(2)23(25)20-8-4-3-5-9-20/h3-15,18,23,26H,16H2,1-2H3/t18-,23?/m0/s1. The Bertz CT molecular complexity index is 1140. The first-order chi connectivity index (χ1) is 13.6. The minimum Gasteiger partial charge on any atom is -0.306 e. The number of imidazole rings is 1. The SMILES string of the molecule is Cc1ccc(Cn2c(=N)n([C@@H](C)C(F)c3ccccc3)c3ccccc32)cc1. The van der Waals surface area contributed by atoms with Crippen LogP contribution in [-0.4, -0.2) is 9.13 Å². The van der Waals surface area contributed by atoms with Crippen molar-refractivity contribution in [2.75, 3.05) is 0 Å². The van der Waals surface area contributed by atoms with Gasteiger partial charge in [-0.05, 0) is 37.1 Å². The summed E-state index contributed by atoms with van der Waals surface area (Å²) < 4.78 is 19.0. The van der Waals surface area contributed by atoms with Crippen LogP contribution in [0.25, 0.3) is 11.0 Å². The predicted molar refractivity (Wildman–Crippen MR) is 111 cm³/mol. The summed E-state index contributed by atoms with van der Waals surface area (Å²) in [6.45, 7) is 4.49. The van der Waals surface area contributed by atoms with E-state index >= 15 is 4.39 Å². The van der Waals surface area contributed by atoms with Crippen LogP contribution < -0.4 is 5.62 Å². The molecule has 0 aliphatic carbocycles. The maximum Gasteiger partial charge on any atom is 0.203 e. The molecule has 4 aromatic rings. The van der Waals surface area contributed by atoms with Crippen molar-refractivity contribution in [3.8, 4) is 0 Å². The first kappa shape index (κ1) is 18.2. The van der Waals surface area contributed by atoms with Crippen molar-refractivity contribution >= 4 is 11.0 Å². The number of aryl methyl sites for hydroxylation is 1. The van der Waals surface area contributed by atoms with Gasteiger partial charge in [-0.15, -0.1) is 0 Å². The zero-order valence-electron chi connectivity index (χ0n) is 16.1. The van der Waals surface area contributed by atoms with Gasteiger partial charge in [0.15, 0.2) is 0 Å². The molecular weight excluding hydrogens is 349 g/mol. The van der Waals surface area contributed by atoms with E-state index in [0.29, 0.717) is 17.7 Å². The average Bonchev–Trinajstić information content (AvgIpc) is 3.01. The third kappa shape index (κ3) is 3.26. The molecule has 0 amide bonds. The molecular formula is C24H24FN3. The molecule has 4 rings (SSSR count). The fourth-order valence-electron chi connectivity index (χ4n) is 3.75. The van der Waals surface area contributed by atoms with Crippen LogP contribution >= 0.6 is 0 Å². The zero-order valence-corrected chi connectivity index (χ0v) is 16.1. The van der Waals surface area contributed by atoms with Crippen molar-refractivity contribution in [1.29, 1.82) is 5.41 Å². The maximum absolute atomic E-state index is 15.3. The predicted octanol–water partition coefficient (Wildman–Crippen LogP) is 5.55. The monoisotopic (exact) mass is 373 g/mol. The van der Waals surface area contributed by atoms with Crippen LogP contribution in [0.1, 0.15) is 35.8 Å². The molecule has 0 aliphatic rings. The molecule has 28 heavy (non-hydrogen) atoms. The molecule has 1 heterocycles. The number of para-hydroxylation sites is 2. The van der Waals surface area contributed by atoms with Crippen LogP contribution in [0.15, 0.2) is 78.9 Å². The largest absolute Gasteiger partial charge is 0.306 e. The van der Waals surface area contributed by atoms with E-state index in [2.05, 4.69) is 31.2 Å². The Balaban J connectivity index is 1.80. The normalized spacial score (nSPS) is 13.5. The second-order valence-electron chi connectivity index (χ2n) is 7.31. The van der Waals surface area contributed by atoms with Crippen molar-refractivity contribution in [2.24, 2.45) is 0 Å². The Hall–Kier alpha value is -3.14. The van der Waals surface area contributed by atoms with E-state index in [1.165, 1.54) is 5.56 Å². The van der Waals surface area contributed by atoms with Gasteiger partial charge in [0, 0.05) is 0 Å². The molecule has 0 fully saturated rings.